The van der Waals surface area contributed by atoms with Gasteiger partial charge in [-0.25, -0.2) is 4.39 Å². The Morgan fingerprint density at radius 3 is 2.76 bits per heavy atom. The Balaban J connectivity index is 2.00. The summed E-state index contributed by atoms with van der Waals surface area (Å²) in [6.07, 6.45) is 3.20. The molecule has 1 aromatic heterocycles. The van der Waals surface area contributed by atoms with Crippen molar-refractivity contribution in [3.05, 3.63) is 53.2 Å². The lowest BCUT2D eigenvalue weighted by Gasteiger charge is -2.28. The molecule has 1 N–H and O–H groups in total. The predicted molar refractivity (Wildman–Crippen MR) is 79.7 cm³/mol. The summed E-state index contributed by atoms with van der Waals surface area (Å²) in [6.45, 7) is 4.07. The molecular weight excluding hydrogens is 269 g/mol. The Hall–Kier alpha value is -1.81. The highest BCUT2D eigenvalue weighted by molar-refractivity contribution is 5.58. The molecule has 0 amide bonds. The molecule has 0 unspecified atom stereocenters. The van der Waals surface area contributed by atoms with E-state index in [4.69, 9.17) is 4.42 Å². The van der Waals surface area contributed by atoms with Crippen molar-refractivity contribution in [3.8, 4) is 0 Å². The van der Waals surface area contributed by atoms with Gasteiger partial charge in [-0.1, -0.05) is 0 Å². The van der Waals surface area contributed by atoms with Gasteiger partial charge in [0.15, 0.2) is 0 Å². The molecule has 3 rings (SSSR count). The second-order valence-electron chi connectivity index (χ2n) is 5.77. The lowest BCUT2D eigenvalue weighted by Crippen LogP contribution is -2.26. The number of furan rings is 1. The van der Waals surface area contributed by atoms with Crippen LogP contribution in [0.1, 0.15) is 42.8 Å². The Morgan fingerprint density at radius 2 is 2.19 bits per heavy atom. The average Bonchev–Trinajstić information content (AvgIpc) is 3.15. The van der Waals surface area contributed by atoms with Gasteiger partial charge in [-0.2, -0.15) is 0 Å². The number of rotatable bonds is 5. The molecule has 21 heavy (non-hydrogen) atoms. The molecule has 112 valence electrons. The third-order valence-corrected chi connectivity index (χ3v) is 3.96. The van der Waals surface area contributed by atoms with E-state index >= 15 is 0 Å². The minimum Gasteiger partial charge on any atom is -0.467 e. The molecule has 2 aromatic rings. The smallest absolute Gasteiger partial charge is 0.126 e. The van der Waals surface area contributed by atoms with Gasteiger partial charge in [0.05, 0.1) is 18.9 Å². The summed E-state index contributed by atoms with van der Waals surface area (Å²) in [6, 6.07) is 7.53. The molecule has 1 fully saturated rings. The molecule has 1 aromatic carbocycles. The first kappa shape index (κ1) is 14.1. The molecule has 4 heteroatoms. The maximum atomic E-state index is 13.8. The maximum absolute atomic E-state index is 13.8. The highest BCUT2D eigenvalue weighted by Crippen LogP contribution is 2.38. The molecule has 1 aliphatic rings. The third kappa shape index (κ3) is 2.95. The van der Waals surface area contributed by atoms with Crippen LogP contribution in [0.25, 0.3) is 0 Å². The summed E-state index contributed by atoms with van der Waals surface area (Å²) in [5.74, 6) is 0.601. The topological polar surface area (TPSA) is 36.6 Å². The van der Waals surface area contributed by atoms with Crippen molar-refractivity contribution in [1.29, 1.82) is 0 Å². The number of halogens is 1. The summed E-state index contributed by atoms with van der Waals surface area (Å²) < 4.78 is 19.3. The van der Waals surface area contributed by atoms with Gasteiger partial charge in [0.25, 0.3) is 0 Å². The first-order chi connectivity index (χ1) is 10.1. The summed E-state index contributed by atoms with van der Waals surface area (Å²) in [5.41, 5.74) is 2.14. The number of benzene rings is 1. The minimum absolute atomic E-state index is 0.275. The number of aliphatic hydroxyl groups is 1. The van der Waals surface area contributed by atoms with Gasteiger partial charge >= 0.3 is 0 Å². The maximum Gasteiger partial charge on any atom is 0.126 e. The molecule has 1 atom stereocenters. The number of aryl methyl sites for hydroxylation is 1. The van der Waals surface area contributed by atoms with Crippen molar-refractivity contribution in [2.75, 3.05) is 4.90 Å². The zero-order valence-electron chi connectivity index (χ0n) is 12.3. The quantitative estimate of drug-likeness (QED) is 0.905. The van der Waals surface area contributed by atoms with Crippen LogP contribution in [0.5, 0.6) is 0 Å². The average molecular weight is 289 g/mol. The number of hydrogen-bond acceptors (Lipinski definition) is 3. The van der Waals surface area contributed by atoms with Gasteiger partial charge in [-0.15, -0.1) is 0 Å². The summed E-state index contributed by atoms with van der Waals surface area (Å²) in [4.78, 5) is 2.22. The molecule has 1 aliphatic carbocycles. The number of aliphatic hydroxyl groups excluding tert-OH is 1. The van der Waals surface area contributed by atoms with Crippen molar-refractivity contribution in [2.45, 2.75) is 45.4 Å². The number of nitrogens with zero attached hydrogens (tertiary/aromatic N) is 1. The van der Waals surface area contributed by atoms with E-state index in [0.717, 1.165) is 24.3 Å². The molecule has 0 bridgehead atoms. The Morgan fingerprint density at radius 1 is 1.43 bits per heavy atom. The van der Waals surface area contributed by atoms with E-state index in [1.165, 1.54) is 6.07 Å². The lowest BCUT2D eigenvalue weighted by atomic mass is 10.0. The largest absolute Gasteiger partial charge is 0.467 e. The summed E-state index contributed by atoms with van der Waals surface area (Å²) >= 11 is 0. The van der Waals surface area contributed by atoms with Gasteiger partial charge in [-0.05, 0) is 56.5 Å². The van der Waals surface area contributed by atoms with Gasteiger partial charge < -0.3 is 14.4 Å². The van der Waals surface area contributed by atoms with Crippen molar-refractivity contribution in [2.24, 2.45) is 0 Å². The van der Waals surface area contributed by atoms with Crippen LogP contribution in [0.2, 0.25) is 0 Å². The molecular formula is C17H20FNO2. The van der Waals surface area contributed by atoms with Crippen LogP contribution in [0.3, 0.4) is 0 Å². The van der Waals surface area contributed by atoms with E-state index in [2.05, 4.69) is 4.90 Å². The van der Waals surface area contributed by atoms with Crippen molar-refractivity contribution in [1.82, 2.24) is 0 Å². The molecule has 1 saturated carbocycles. The zero-order chi connectivity index (χ0) is 15.0. The van der Waals surface area contributed by atoms with Crippen LogP contribution >= 0.6 is 0 Å². The van der Waals surface area contributed by atoms with Crippen molar-refractivity contribution < 1.29 is 13.9 Å². The van der Waals surface area contributed by atoms with E-state index < -0.39 is 6.10 Å². The zero-order valence-corrected chi connectivity index (χ0v) is 12.3. The molecule has 0 radical (unpaired) electrons. The highest BCUT2D eigenvalue weighted by atomic mass is 19.1. The fourth-order valence-corrected chi connectivity index (χ4v) is 2.63. The monoisotopic (exact) mass is 289 g/mol. The Labute approximate surface area is 124 Å². The standard InChI is InChI=1S/C17H20FNO2/c1-11-8-17(15(12(2)20)9-16(11)18)19(13-5-6-13)10-14-4-3-7-21-14/h3-4,7-9,12-13,20H,5-6,10H2,1-2H3/t12-/m0/s1. The van der Waals surface area contributed by atoms with Crippen LogP contribution in [-0.2, 0) is 6.54 Å². The first-order valence-electron chi connectivity index (χ1n) is 7.33. The van der Waals surface area contributed by atoms with Gasteiger partial charge in [-0.3, -0.25) is 0 Å². The van der Waals surface area contributed by atoms with E-state index in [9.17, 15) is 9.50 Å². The fourth-order valence-electron chi connectivity index (χ4n) is 2.63. The molecule has 0 spiro atoms. The Kier molecular flexibility index (Phi) is 3.72. The van der Waals surface area contributed by atoms with Crippen molar-refractivity contribution in [3.63, 3.8) is 0 Å². The molecule has 3 nitrogen and oxygen atoms in total. The normalized spacial score (nSPS) is 16.0. The number of anilines is 1. The van der Waals surface area contributed by atoms with Gasteiger partial charge in [0, 0.05) is 17.3 Å². The van der Waals surface area contributed by atoms with Crippen molar-refractivity contribution >= 4 is 5.69 Å². The van der Waals surface area contributed by atoms with E-state index in [1.807, 2.05) is 18.2 Å². The molecule has 1 heterocycles. The Bertz CT molecular complexity index is 618. The number of hydrogen-bond donors (Lipinski definition) is 1. The predicted octanol–water partition coefficient (Wildman–Crippen LogP) is 3.95. The third-order valence-electron chi connectivity index (χ3n) is 3.96. The SMILES string of the molecule is Cc1cc(N(Cc2ccco2)C2CC2)c([C@H](C)O)cc1F. The minimum atomic E-state index is -0.701. The van der Waals surface area contributed by atoms with Crippen LogP contribution in [0, 0.1) is 12.7 Å². The first-order valence-corrected chi connectivity index (χ1v) is 7.33. The van der Waals surface area contributed by atoms with E-state index in [-0.39, 0.29) is 5.82 Å². The second-order valence-corrected chi connectivity index (χ2v) is 5.77. The van der Waals surface area contributed by atoms with E-state index in [0.29, 0.717) is 23.7 Å². The molecule has 0 saturated heterocycles. The fraction of sp³-hybridized carbons (Fsp3) is 0.412. The van der Waals surface area contributed by atoms with E-state index in [1.54, 1.807) is 20.1 Å². The highest BCUT2D eigenvalue weighted by Gasteiger charge is 2.32. The second kappa shape index (κ2) is 5.53. The lowest BCUT2D eigenvalue weighted by molar-refractivity contribution is 0.199. The van der Waals surface area contributed by atoms with Gasteiger partial charge in [0.2, 0.25) is 0 Å². The summed E-state index contributed by atoms with van der Waals surface area (Å²) in [7, 11) is 0. The van der Waals surface area contributed by atoms with Crippen LogP contribution in [0.4, 0.5) is 10.1 Å². The van der Waals surface area contributed by atoms with Crippen LogP contribution < -0.4 is 4.90 Å². The van der Waals surface area contributed by atoms with Gasteiger partial charge in [0.1, 0.15) is 11.6 Å². The molecule has 0 aliphatic heterocycles. The van der Waals surface area contributed by atoms with Crippen LogP contribution in [-0.4, -0.2) is 11.1 Å². The summed E-state index contributed by atoms with van der Waals surface area (Å²) in [5, 5.41) is 9.98. The van der Waals surface area contributed by atoms with Crippen LogP contribution in [0.15, 0.2) is 34.9 Å².